The number of hydrogen-bond acceptors (Lipinski definition) is 3. The fourth-order valence-electron chi connectivity index (χ4n) is 1.90. The van der Waals surface area contributed by atoms with Crippen molar-refractivity contribution in [1.82, 2.24) is 0 Å². The highest BCUT2D eigenvalue weighted by Gasteiger charge is 2.14. The number of ether oxygens (including phenoxy) is 2. The largest absolute Gasteiger partial charge is 0.508 e. The lowest BCUT2D eigenvalue weighted by molar-refractivity contribution is -0.107. The lowest BCUT2D eigenvalue weighted by atomic mass is 10.0. The van der Waals surface area contributed by atoms with Crippen molar-refractivity contribution in [3.05, 3.63) is 53.8 Å². The molecule has 1 N–H and O–H groups in total. The van der Waals surface area contributed by atoms with Crippen LogP contribution in [0.3, 0.4) is 0 Å². The van der Waals surface area contributed by atoms with E-state index in [0.717, 1.165) is 11.1 Å². The topological polar surface area (TPSA) is 38.7 Å². The summed E-state index contributed by atoms with van der Waals surface area (Å²) in [5.74, 6) is -0.209. The predicted octanol–water partition coefficient (Wildman–Crippen LogP) is 3.49. The first kappa shape index (κ1) is 13.5. The van der Waals surface area contributed by atoms with Gasteiger partial charge < -0.3 is 14.6 Å². The molecule has 19 heavy (non-hydrogen) atoms. The average Bonchev–Trinajstić information content (AvgIpc) is 2.42. The number of phenolic OH excluding ortho intramolecular Hbond substituents is 1. The molecule has 0 radical (unpaired) electrons. The third kappa shape index (κ3) is 2.92. The zero-order valence-corrected chi connectivity index (χ0v) is 10.8. The summed E-state index contributed by atoms with van der Waals surface area (Å²) in [6.07, 6.45) is -0.714. The molecule has 0 spiro atoms. The van der Waals surface area contributed by atoms with Crippen LogP contribution in [0.4, 0.5) is 4.39 Å². The number of benzene rings is 2. The van der Waals surface area contributed by atoms with E-state index in [1.54, 1.807) is 36.4 Å². The monoisotopic (exact) mass is 262 g/mol. The average molecular weight is 262 g/mol. The van der Waals surface area contributed by atoms with Crippen molar-refractivity contribution in [3.63, 3.8) is 0 Å². The lowest BCUT2D eigenvalue weighted by Crippen LogP contribution is -2.06. The Balaban J connectivity index is 2.35. The van der Waals surface area contributed by atoms with Crippen molar-refractivity contribution < 1.29 is 19.0 Å². The van der Waals surface area contributed by atoms with Crippen LogP contribution in [0.15, 0.2) is 42.5 Å². The van der Waals surface area contributed by atoms with E-state index in [1.165, 1.54) is 20.3 Å². The molecular weight excluding hydrogens is 247 g/mol. The van der Waals surface area contributed by atoms with E-state index in [0.29, 0.717) is 5.56 Å². The molecule has 2 aromatic carbocycles. The van der Waals surface area contributed by atoms with Crippen LogP contribution in [-0.4, -0.2) is 19.3 Å². The smallest absolute Gasteiger partial charge is 0.185 e. The van der Waals surface area contributed by atoms with Gasteiger partial charge in [-0.2, -0.15) is 0 Å². The van der Waals surface area contributed by atoms with Crippen molar-refractivity contribution in [2.75, 3.05) is 14.2 Å². The molecule has 100 valence electrons. The summed E-state index contributed by atoms with van der Waals surface area (Å²) in [5, 5.41) is 9.23. The van der Waals surface area contributed by atoms with Gasteiger partial charge >= 0.3 is 0 Å². The second-order valence-electron chi connectivity index (χ2n) is 4.09. The van der Waals surface area contributed by atoms with Crippen molar-refractivity contribution in [2.45, 2.75) is 6.29 Å². The zero-order valence-electron chi connectivity index (χ0n) is 10.8. The first-order valence-electron chi connectivity index (χ1n) is 5.80. The van der Waals surface area contributed by atoms with Crippen LogP contribution >= 0.6 is 0 Å². The third-order valence-electron chi connectivity index (χ3n) is 2.88. The summed E-state index contributed by atoms with van der Waals surface area (Å²) in [6.45, 7) is 0. The van der Waals surface area contributed by atoms with Crippen molar-refractivity contribution in [2.24, 2.45) is 0 Å². The highest BCUT2D eigenvalue weighted by molar-refractivity contribution is 5.64. The Kier molecular flexibility index (Phi) is 4.14. The summed E-state index contributed by atoms with van der Waals surface area (Å²) >= 11 is 0. The molecule has 0 aliphatic rings. The molecule has 0 saturated heterocycles. The van der Waals surface area contributed by atoms with Crippen LogP contribution in [0.2, 0.25) is 0 Å². The quantitative estimate of drug-likeness (QED) is 0.857. The molecule has 0 amide bonds. The van der Waals surface area contributed by atoms with Crippen LogP contribution in [-0.2, 0) is 9.47 Å². The molecule has 0 heterocycles. The zero-order chi connectivity index (χ0) is 13.8. The van der Waals surface area contributed by atoms with Gasteiger partial charge in [0, 0.05) is 19.8 Å². The minimum absolute atomic E-state index is 0.180. The third-order valence-corrected chi connectivity index (χ3v) is 2.88. The summed E-state index contributed by atoms with van der Waals surface area (Å²) in [6, 6.07) is 11.4. The van der Waals surface area contributed by atoms with Gasteiger partial charge in [-0.05, 0) is 29.3 Å². The second-order valence-corrected chi connectivity index (χ2v) is 4.09. The minimum atomic E-state index is -0.714. The Bertz CT molecular complexity index is 548. The van der Waals surface area contributed by atoms with E-state index in [1.807, 2.05) is 0 Å². The van der Waals surface area contributed by atoms with Gasteiger partial charge in [0.25, 0.3) is 0 Å². The highest BCUT2D eigenvalue weighted by atomic mass is 19.1. The van der Waals surface area contributed by atoms with E-state index >= 15 is 0 Å². The lowest BCUT2D eigenvalue weighted by Gasteiger charge is -2.15. The van der Waals surface area contributed by atoms with Gasteiger partial charge in [-0.1, -0.05) is 24.3 Å². The maximum atomic E-state index is 14.0. The number of halogens is 1. The van der Waals surface area contributed by atoms with Crippen LogP contribution in [0, 0.1) is 5.82 Å². The summed E-state index contributed by atoms with van der Waals surface area (Å²) < 4.78 is 24.1. The maximum Gasteiger partial charge on any atom is 0.185 e. The van der Waals surface area contributed by atoms with Gasteiger partial charge in [-0.3, -0.25) is 0 Å². The predicted molar refractivity (Wildman–Crippen MR) is 70.3 cm³/mol. The molecule has 0 fully saturated rings. The van der Waals surface area contributed by atoms with Crippen molar-refractivity contribution in [1.29, 1.82) is 0 Å². The molecule has 2 rings (SSSR count). The SMILES string of the molecule is COC(OC)c1ccc(-c2ccc(O)cc2)cc1F. The maximum absolute atomic E-state index is 14.0. The van der Waals surface area contributed by atoms with Gasteiger partial charge in [0.2, 0.25) is 0 Å². The van der Waals surface area contributed by atoms with Crippen LogP contribution in [0.5, 0.6) is 5.75 Å². The molecule has 0 saturated carbocycles. The van der Waals surface area contributed by atoms with E-state index in [4.69, 9.17) is 9.47 Å². The van der Waals surface area contributed by atoms with E-state index in [9.17, 15) is 9.50 Å². The molecule has 0 bridgehead atoms. The van der Waals surface area contributed by atoms with Crippen LogP contribution < -0.4 is 0 Å². The summed E-state index contributed by atoms with van der Waals surface area (Å²) in [5.41, 5.74) is 1.91. The molecule has 0 aromatic heterocycles. The van der Waals surface area contributed by atoms with Gasteiger partial charge in [0.1, 0.15) is 11.6 Å². The van der Waals surface area contributed by atoms with E-state index in [-0.39, 0.29) is 11.6 Å². The molecular formula is C15H15FO3. The van der Waals surface area contributed by atoms with E-state index < -0.39 is 6.29 Å². The van der Waals surface area contributed by atoms with Gasteiger partial charge in [-0.15, -0.1) is 0 Å². The van der Waals surface area contributed by atoms with E-state index in [2.05, 4.69) is 0 Å². The number of hydrogen-bond donors (Lipinski definition) is 1. The molecule has 2 aromatic rings. The number of rotatable bonds is 4. The molecule has 4 heteroatoms. The van der Waals surface area contributed by atoms with Gasteiger partial charge in [-0.25, -0.2) is 4.39 Å². The molecule has 0 aliphatic heterocycles. The molecule has 0 aliphatic carbocycles. The van der Waals surface area contributed by atoms with Crippen LogP contribution in [0.25, 0.3) is 11.1 Å². The summed E-state index contributed by atoms with van der Waals surface area (Å²) in [4.78, 5) is 0. The Hall–Kier alpha value is -1.91. The standard InChI is InChI=1S/C15H15FO3/c1-18-15(19-2)13-8-5-11(9-14(13)16)10-3-6-12(17)7-4-10/h3-9,15,17H,1-2H3. The molecule has 0 unspecified atom stereocenters. The van der Waals surface area contributed by atoms with Crippen molar-refractivity contribution in [3.8, 4) is 16.9 Å². The normalized spacial score (nSPS) is 10.9. The number of methoxy groups -OCH3 is 2. The van der Waals surface area contributed by atoms with Crippen LogP contribution in [0.1, 0.15) is 11.9 Å². The fourth-order valence-corrected chi connectivity index (χ4v) is 1.90. The molecule has 3 nitrogen and oxygen atoms in total. The Morgan fingerprint density at radius 3 is 2.05 bits per heavy atom. The number of phenols is 1. The summed E-state index contributed by atoms with van der Waals surface area (Å²) in [7, 11) is 2.92. The van der Waals surface area contributed by atoms with Gasteiger partial charge in [0.15, 0.2) is 6.29 Å². The second kappa shape index (κ2) is 5.82. The highest BCUT2D eigenvalue weighted by Crippen LogP contribution is 2.27. The molecule has 0 atom stereocenters. The first-order chi connectivity index (χ1) is 9.15. The fraction of sp³-hybridized carbons (Fsp3) is 0.200. The Labute approximate surface area is 111 Å². The Morgan fingerprint density at radius 2 is 1.53 bits per heavy atom. The number of aromatic hydroxyl groups is 1. The van der Waals surface area contributed by atoms with Crippen molar-refractivity contribution >= 4 is 0 Å². The Morgan fingerprint density at radius 1 is 0.947 bits per heavy atom. The van der Waals surface area contributed by atoms with Gasteiger partial charge in [0.05, 0.1) is 0 Å². The first-order valence-corrected chi connectivity index (χ1v) is 5.80. The minimum Gasteiger partial charge on any atom is -0.508 e.